The summed E-state index contributed by atoms with van der Waals surface area (Å²) < 4.78 is 5.73. The number of nitrogens with two attached hydrogens (primary N) is 1. The number of hydrogen-bond acceptors (Lipinski definition) is 2. The molecule has 0 saturated heterocycles. The molecular formula is C14H19NO. The highest BCUT2D eigenvalue weighted by molar-refractivity contribution is 5.43. The summed E-state index contributed by atoms with van der Waals surface area (Å²) in [5, 5.41) is 0. The maximum absolute atomic E-state index is 5.73. The number of hydrogen-bond donors (Lipinski definition) is 1. The van der Waals surface area contributed by atoms with E-state index in [1.807, 2.05) is 20.8 Å². The van der Waals surface area contributed by atoms with Crippen LogP contribution < -0.4 is 10.5 Å². The van der Waals surface area contributed by atoms with Gasteiger partial charge in [0, 0.05) is 13.0 Å². The highest BCUT2D eigenvalue weighted by Gasteiger charge is 2.05. The van der Waals surface area contributed by atoms with Gasteiger partial charge in [-0.3, -0.25) is 0 Å². The van der Waals surface area contributed by atoms with Crippen LogP contribution in [-0.2, 0) is 6.54 Å². The molecule has 1 aromatic carbocycles. The van der Waals surface area contributed by atoms with E-state index in [9.17, 15) is 0 Å². The summed E-state index contributed by atoms with van der Waals surface area (Å²) in [5.74, 6) is 6.81. The van der Waals surface area contributed by atoms with Crippen molar-refractivity contribution in [2.45, 2.75) is 33.7 Å². The van der Waals surface area contributed by atoms with Gasteiger partial charge >= 0.3 is 0 Å². The lowest BCUT2D eigenvalue weighted by Gasteiger charge is -2.12. The van der Waals surface area contributed by atoms with Gasteiger partial charge in [-0.1, -0.05) is 12.1 Å². The Bertz CT molecular complexity index is 389. The summed E-state index contributed by atoms with van der Waals surface area (Å²) >= 11 is 0. The molecule has 0 aliphatic carbocycles. The summed E-state index contributed by atoms with van der Waals surface area (Å²) in [6.07, 6.45) is 0.772. The second-order valence-electron chi connectivity index (χ2n) is 3.79. The topological polar surface area (TPSA) is 35.2 Å². The number of ether oxygens (including phenoxy) is 1. The fourth-order valence-electron chi connectivity index (χ4n) is 1.71. The Morgan fingerprint density at radius 3 is 2.38 bits per heavy atom. The summed E-state index contributed by atoms with van der Waals surface area (Å²) in [4.78, 5) is 0. The average Bonchev–Trinajstić information content (AvgIpc) is 2.26. The Morgan fingerprint density at radius 1 is 1.25 bits per heavy atom. The van der Waals surface area contributed by atoms with Crippen LogP contribution in [0.2, 0.25) is 0 Å². The molecule has 0 heterocycles. The van der Waals surface area contributed by atoms with Gasteiger partial charge in [0.1, 0.15) is 5.75 Å². The fraction of sp³-hybridized carbons (Fsp3) is 0.429. The molecule has 2 N–H and O–H groups in total. The maximum Gasteiger partial charge on any atom is 0.125 e. The van der Waals surface area contributed by atoms with E-state index in [1.165, 1.54) is 0 Å². The lowest BCUT2D eigenvalue weighted by molar-refractivity contribution is 0.322. The minimum absolute atomic E-state index is 0.573. The first-order chi connectivity index (χ1) is 7.69. The second kappa shape index (κ2) is 6.19. The molecule has 1 rings (SSSR count). The Kier molecular flexibility index (Phi) is 4.88. The van der Waals surface area contributed by atoms with Crippen LogP contribution in [-0.4, -0.2) is 6.61 Å². The first kappa shape index (κ1) is 12.6. The van der Waals surface area contributed by atoms with Crippen LogP contribution in [0, 0.1) is 25.7 Å². The number of benzene rings is 1. The first-order valence-electron chi connectivity index (χ1n) is 5.51. The van der Waals surface area contributed by atoms with Gasteiger partial charge in [0.25, 0.3) is 0 Å². The summed E-state index contributed by atoms with van der Waals surface area (Å²) in [6.45, 7) is 7.15. The van der Waals surface area contributed by atoms with E-state index in [0.29, 0.717) is 13.2 Å². The molecule has 0 bridgehead atoms. The molecular weight excluding hydrogens is 198 g/mol. The SMILES string of the molecule is CC#CCCOc1c(C)cc(CN)cc1C. The average molecular weight is 217 g/mol. The molecule has 0 radical (unpaired) electrons. The third-order valence-electron chi connectivity index (χ3n) is 2.41. The highest BCUT2D eigenvalue weighted by Crippen LogP contribution is 2.24. The van der Waals surface area contributed by atoms with Crippen LogP contribution in [0.15, 0.2) is 12.1 Å². The molecule has 2 nitrogen and oxygen atoms in total. The quantitative estimate of drug-likeness (QED) is 0.621. The maximum atomic E-state index is 5.73. The van der Waals surface area contributed by atoms with Crippen LogP contribution >= 0.6 is 0 Å². The Morgan fingerprint density at radius 2 is 1.88 bits per heavy atom. The van der Waals surface area contributed by atoms with Crippen molar-refractivity contribution in [3.8, 4) is 17.6 Å². The molecule has 0 amide bonds. The van der Waals surface area contributed by atoms with Crippen molar-refractivity contribution >= 4 is 0 Å². The van der Waals surface area contributed by atoms with Crippen LogP contribution in [0.4, 0.5) is 0 Å². The third kappa shape index (κ3) is 3.29. The van der Waals surface area contributed by atoms with Crippen LogP contribution in [0.25, 0.3) is 0 Å². The number of aryl methyl sites for hydroxylation is 2. The van der Waals surface area contributed by atoms with Crippen molar-refractivity contribution in [3.63, 3.8) is 0 Å². The summed E-state index contributed by atoms with van der Waals surface area (Å²) in [7, 11) is 0. The van der Waals surface area contributed by atoms with E-state index in [1.54, 1.807) is 0 Å². The van der Waals surface area contributed by atoms with E-state index >= 15 is 0 Å². The molecule has 0 saturated carbocycles. The van der Waals surface area contributed by atoms with Gasteiger partial charge in [-0.15, -0.1) is 11.8 Å². The Balaban J connectivity index is 2.75. The van der Waals surface area contributed by atoms with E-state index in [4.69, 9.17) is 10.5 Å². The lowest BCUT2D eigenvalue weighted by Crippen LogP contribution is -2.03. The monoisotopic (exact) mass is 217 g/mol. The summed E-state index contributed by atoms with van der Waals surface area (Å²) in [5.41, 5.74) is 9.05. The lowest BCUT2D eigenvalue weighted by atomic mass is 10.1. The standard InChI is InChI=1S/C14H19NO/c1-4-5-6-7-16-14-11(2)8-13(10-15)9-12(14)3/h8-9H,6-7,10,15H2,1-3H3. The molecule has 0 aromatic heterocycles. The van der Waals surface area contributed by atoms with Gasteiger partial charge in [0.05, 0.1) is 6.61 Å². The molecule has 0 aliphatic rings. The predicted octanol–water partition coefficient (Wildman–Crippen LogP) is 2.55. The zero-order chi connectivity index (χ0) is 12.0. The molecule has 86 valence electrons. The van der Waals surface area contributed by atoms with Crippen molar-refractivity contribution in [1.29, 1.82) is 0 Å². The van der Waals surface area contributed by atoms with E-state index in [2.05, 4.69) is 24.0 Å². The zero-order valence-electron chi connectivity index (χ0n) is 10.3. The van der Waals surface area contributed by atoms with Crippen LogP contribution in [0.3, 0.4) is 0 Å². The van der Waals surface area contributed by atoms with Gasteiger partial charge < -0.3 is 10.5 Å². The minimum atomic E-state index is 0.573. The zero-order valence-corrected chi connectivity index (χ0v) is 10.3. The first-order valence-corrected chi connectivity index (χ1v) is 5.51. The van der Waals surface area contributed by atoms with E-state index in [0.717, 1.165) is 28.9 Å². The largest absolute Gasteiger partial charge is 0.492 e. The van der Waals surface area contributed by atoms with Gasteiger partial charge in [-0.2, -0.15) is 0 Å². The molecule has 0 fully saturated rings. The van der Waals surface area contributed by atoms with Crippen molar-refractivity contribution in [3.05, 3.63) is 28.8 Å². The van der Waals surface area contributed by atoms with Gasteiger partial charge in [-0.25, -0.2) is 0 Å². The highest BCUT2D eigenvalue weighted by atomic mass is 16.5. The molecule has 0 spiro atoms. The van der Waals surface area contributed by atoms with Gasteiger partial charge in [0.2, 0.25) is 0 Å². The van der Waals surface area contributed by atoms with Crippen molar-refractivity contribution in [2.24, 2.45) is 5.73 Å². The normalized spacial score (nSPS) is 9.50. The Hall–Kier alpha value is -1.46. The van der Waals surface area contributed by atoms with E-state index in [-0.39, 0.29) is 0 Å². The van der Waals surface area contributed by atoms with Gasteiger partial charge in [0.15, 0.2) is 0 Å². The van der Waals surface area contributed by atoms with Crippen molar-refractivity contribution in [2.75, 3.05) is 6.61 Å². The third-order valence-corrected chi connectivity index (χ3v) is 2.41. The van der Waals surface area contributed by atoms with Crippen LogP contribution in [0.1, 0.15) is 30.0 Å². The van der Waals surface area contributed by atoms with E-state index < -0.39 is 0 Å². The Labute approximate surface area is 97.8 Å². The number of rotatable bonds is 4. The minimum Gasteiger partial charge on any atom is -0.492 e. The molecule has 1 aromatic rings. The molecule has 0 atom stereocenters. The fourth-order valence-corrected chi connectivity index (χ4v) is 1.71. The molecule has 0 aliphatic heterocycles. The van der Waals surface area contributed by atoms with Crippen molar-refractivity contribution < 1.29 is 4.74 Å². The molecule has 2 heteroatoms. The smallest absolute Gasteiger partial charge is 0.125 e. The van der Waals surface area contributed by atoms with Crippen molar-refractivity contribution in [1.82, 2.24) is 0 Å². The summed E-state index contributed by atoms with van der Waals surface area (Å²) in [6, 6.07) is 4.15. The van der Waals surface area contributed by atoms with Crippen LogP contribution in [0.5, 0.6) is 5.75 Å². The predicted molar refractivity (Wildman–Crippen MR) is 67.4 cm³/mol. The molecule has 16 heavy (non-hydrogen) atoms. The molecule has 0 unspecified atom stereocenters. The van der Waals surface area contributed by atoms with Gasteiger partial charge in [-0.05, 0) is 37.5 Å². The second-order valence-corrected chi connectivity index (χ2v) is 3.79.